The Morgan fingerprint density at radius 3 is 2.23 bits per heavy atom. The molecule has 164 valence electrons. The number of hydrogen-bond donors (Lipinski definition) is 7. The Labute approximate surface area is 174 Å². The molecule has 1 aromatic heterocycles. The van der Waals surface area contributed by atoms with E-state index in [9.17, 15) is 40.5 Å². The lowest BCUT2D eigenvalue weighted by atomic mass is 9.84. The Bertz CT molecular complexity index is 1170. The van der Waals surface area contributed by atoms with Gasteiger partial charge in [-0.25, -0.2) is 0 Å². The van der Waals surface area contributed by atoms with Crippen molar-refractivity contribution in [2.45, 2.75) is 30.5 Å². The maximum Gasteiger partial charge on any atom is 0.197 e. The zero-order valence-corrected chi connectivity index (χ0v) is 15.9. The first-order valence-corrected chi connectivity index (χ1v) is 9.35. The van der Waals surface area contributed by atoms with Crippen molar-refractivity contribution >= 4 is 11.0 Å². The number of phenolic OH excluding ortho intramolecular Hbond substituents is 3. The minimum Gasteiger partial charge on any atom is -0.508 e. The molecule has 0 aliphatic carbocycles. The van der Waals surface area contributed by atoms with Crippen LogP contribution in [0.25, 0.3) is 22.3 Å². The Morgan fingerprint density at radius 2 is 1.58 bits per heavy atom. The van der Waals surface area contributed by atoms with Crippen molar-refractivity contribution in [2.75, 3.05) is 6.61 Å². The number of benzene rings is 2. The number of hydrogen-bond acceptors (Lipinski definition) is 10. The molecule has 5 atom stereocenters. The van der Waals surface area contributed by atoms with E-state index in [0.717, 1.165) is 12.1 Å². The summed E-state index contributed by atoms with van der Waals surface area (Å²) in [6.45, 7) is -0.676. The van der Waals surface area contributed by atoms with Gasteiger partial charge in [-0.3, -0.25) is 4.79 Å². The number of rotatable bonds is 3. The van der Waals surface area contributed by atoms with Crippen molar-refractivity contribution in [3.05, 3.63) is 52.2 Å². The summed E-state index contributed by atoms with van der Waals surface area (Å²) in [5.74, 6) is -2.66. The lowest BCUT2D eigenvalue weighted by Crippen LogP contribution is -2.54. The van der Waals surface area contributed by atoms with Gasteiger partial charge in [0.1, 0.15) is 46.2 Å². The fourth-order valence-corrected chi connectivity index (χ4v) is 3.82. The summed E-state index contributed by atoms with van der Waals surface area (Å²) in [7, 11) is 0. The Hall–Kier alpha value is -3.15. The lowest BCUT2D eigenvalue weighted by Gasteiger charge is -2.40. The van der Waals surface area contributed by atoms with E-state index in [1.807, 2.05) is 0 Å². The molecule has 1 aliphatic rings. The lowest BCUT2D eigenvalue weighted by molar-refractivity contribution is -0.251. The summed E-state index contributed by atoms with van der Waals surface area (Å²) in [6, 6.07) is 7.66. The van der Waals surface area contributed by atoms with Gasteiger partial charge in [0.25, 0.3) is 0 Å². The number of aromatic hydroxyl groups is 3. The maximum absolute atomic E-state index is 12.7. The number of fused-ring (bicyclic) bond motifs is 1. The van der Waals surface area contributed by atoms with Crippen LogP contribution in [0.5, 0.6) is 17.2 Å². The molecular weight excluding hydrogens is 412 g/mol. The van der Waals surface area contributed by atoms with Gasteiger partial charge in [-0.15, -0.1) is 0 Å². The highest BCUT2D eigenvalue weighted by molar-refractivity contribution is 5.89. The summed E-state index contributed by atoms with van der Waals surface area (Å²) in [5, 5.41) is 70.4. The van der Waals surface area contributed by atoms with Crippen LogP contribution in [0, 0.1) is 0 Å². The standard InChI is InChI=1S/C21H20O10/c22-7-14-18(27)19(28)17(21(29)31-14)16-11(25)5-10(24)15-12(26)6-13(30-20(15)16)8-1-3-9(23)4-2-8/h1-6,14,17-19,21-25,27-29H,7H2. The zero-order valence-electron chi connectivity index (χ0n) is 15.9. The second-order valence-electron chi connectivity index (χ2n) is 7.31. The molecule has 0 saturated carbocycles. The third-order valence-electron chi connectivity index (χ3n) is 5.38. The van der Waals surface area contributed by atoms with Crippen molar-refractivity contribution in [2.24, 2.45) is 0 Å². The predicted molar refractivity (Wildman–Crippen MR) is 106 cm³/mol. The van der Waals surface area contributed by atoms with E-state index < -0.39 is 54.1 Å². The third-order valence-corrected chi connectivity index (χ3v) is 5.38. The largest absolute Gasteiger partial charge is 0.508 e. The Morgan fingerprint density at radius 1 is 0.903 bits per heavy atom. The Kier molecular flexibility index (Phi) is 5.33. The third kappa shape index (κ3) is 3.50. The number of phenols is 3. The van der Waals surface area contributed by atoms with E-state index in [4.69, 9.17) is 9.15 Å². The molecule has 10 nitrogen and oxygen atoms in total. The van der Waals surface area contributed by atoms with Crippen LogP contribution >= 0.6 is 0 Å². The topological polar surface area (TPSA) is 181 Å². The van der Waals surface area contributed by atoms with Gasteiger partial charge in [0.15, 0.2) is 11.7 Å². The van der Waals surface area contributed by atoms with Crippen LogP contribution in [-0.2, 0) is 4.74 Å². The van der Waals surface area contributed by atoms with Gasteiger partial charge in [-0.1, -0.05) is 0 Å². The first-order valence-electron chi connectivity index (χ1n) is 9.35. The highest BCUT2D eigenvalue weighted by Gasteiger charge is 2.46. The minimum absolute atomic E-state index is 0.0131. The molecule has 5 unspecified atom stereocenters. The van der Waals surface area contributed by atoms with Gasteiger partial charge < -0.3 is 44.9 Å². The van der Waals surface area contributed by atoms with Gasteiger partial charge in [0.05, 0.1) is 18.6 Å². The normalized spacial score (nSPS) is 26.3. The molecule has 7 N–H and O–H groups in total. The highest BCUT2D eigenvalue weighted by Crippen LogP contribution is 2.44. The van der Waals surface area contributed by atoms with Crippen LogP contribution in [-0.4, -0.2) is 67.0 Å². The van der Waals surface area contributed by atoms with Crippen molar-refractivity contribution in [1.29, 1.82) is 0 Å². The van der Waals surface area contributed by atoms with Gasteiger partial charge in [0, 0.05) is 23.3 Å². The van der Waals surface area contributed by atoms with E-state index in [2.05, 4.69) is 0 Å². The van der Waals surface area contributed by atoms with E-state index >= 15 is 0 Å². The van der Waals surface area contributed by atoms with E-state index in [1.165, 1.54) is 24.3 Å². The first-order chi connectivity index (χ1) is 14.7. The predicted octanol–water partition coefficient (Wildman–Crippen LogP) is 0.0917. The van der Waals surface area contributed by atoms with E-state index in [-0.39, 0.29) is 28.0 Å². The average Bonchev–Trinajstić information content (AvgIpc) is 2.72. The molecule has 10 heteroatoms. The van der Waals surface area contributed by atoms with Crippen LogP contribution < -0.4 is 5.43 Å². The fourth-order valence-electron chi connectivity index (χ4n) is 3.82. The van der Waals surface area contributed by atoms with Crippen LogP contribution in [0.1, 0.15) is 11.5 Å². The number of ether oxygens (including phenoxy) is 1. The molecule has 1 saturated heterocycles. The molecule has 1 aliphatic heterocycles. The first kappa shape index (κ1) is 21.1. The smallest absolute Gasteiger partial charge is 0.197 e. The van der Waals surface area contributed by atoms with Gasteiger partial charge in [-0.05, 0) is 24.3 Å². The minimum atomic E-state index is -1.78. The van der Waals surface area contributed by atoms with Crippen molar-refractivity contribution in [1.82, 2.24) is 0 Å². The summed E-state index contributed by atoms with van der Waals surface area (Å²) < 4.78 is 10.9. The molecule has 1 fully saturated rings. The second-order valence-corrected chi connectivity index (χ2v) is 7.31. The van der Waals surface area contributed by atoms with Crippen LogP contribution in [0.3, 0.4) is 0 Å². The highest BCUT2D eigenvalue weighted by atomic mass is 16.6. The van der Waals surface area contributed by atoms with Crippen molar-refractivity contribution in [3.63, 3.8) is 0 Å². The molecule has 3 aromatic rings. The van der Waals surface area contributed by atoms with Crippen LogP contribution in [0.15, 0.2) is 45.6 Å². The maximum atomic E-state index is 12.7. The zero-order chi connectivity index (χ0) is 22.4. The molecule has 0 radical (unpaired) electrons. The van der Waals surface area contributed by atoms with Crippen molar-refractivity contribution in [3.8, 4) is 28.6 Å². The van der Waals surface area contributed by atoms with E-state index in [1.54, 1.807) is 0 Å². The molecule has 0 amide bonds. The molecule has 0 bridgehead atoms. The van der Waals surface area contributed by atoms with Gasteiger partial charge in [-0.2, -0.15) is 0 Å². The summed E-state index contributed by atoms with van der Waals surface area (Å²) in [6.07, 6.45) is -6.38. The van der Waals surface area contributed by atoms with E-state index in [0.29, 0.717) is 5.56 Å². The van der Waals surface area contributed by atoms with Gasteiger partial charge >= 0.3 is 0 Å². The van der Waals surface area contributed by atoms with Crippen LogP contribution in [0.2, 0.25) is 0 Å². The molecular formula is C21H20O10. The van der Waals surface area contributed by atoms with Gasteiger partial charge in [0.2, 0.25) is 0 Å². The monoisotopic (exact) mass is 432 g/mol. The molecule has 31 heavy (non-hydrogen) atoms. The average molecular weight is 432 g/mol. The summed E-state index contributed by atoms with van der Waals surface area (Å²) in [4.78, 5) is 12.7. The second kappa shape index (κ2) is 7.84. The quantitative estimate of drug-likeness (QED) is 0.300. The SMILES string of the molecule is O=c1cc(-c2ccc(O)cc2)oc2c(C3C(O)OC(CO)C(O)C3O)c(O)cc(O)c12. The summed E-state index contributed by atoms with van der Waals surface area (Å²) >= 11 is 0. The number of aliphatic hydroxyl groups is 4. The molecule has 2 aromatic carbocycles. The van der Waals surface area contributed by atoms with Crippen LogP contribution in [0.4, 0.5) is 0 Å². The van der Waals surface area contributed by atoms with Crippen molar-refractivity contribution < 1.29 is 44.9 Å². The fraction of sp³-hybridized carbons (Fsp3) is 0.286. The number of aliphatic hydroxyl groups excluding tert-OH is 4. The molecule has 4 rings (SSSR count). The molecule has 2 heterocycles. The molecule has 0 spiro atoms. The Balaban J connectivity index is 1.97. The summed E-state index contributed by atoms with van der Waals surface area (Å²) in [5.41, 5.74) is -0.861.